The first-order valence-corrected chi connectivity index (χ1v) is 11.8. The fraction of sp³-hybridized carbons (Fsp3) is 0.458. The molecule has 2 unspecified atom stereocenters. The first-order chi connectivity index (χ1) is 16.6. The lowest BCUT2D eigenvalue weighted by molar-refractivity contribution is 0.0212. The van der Waals surface area contributed by atoms with Crippen LogP contribution < -0.4 is 5.32 Å². The predicted octanol–water partition coefficient (Wildman–Crippen LogP) is 4.93. The number of hydrogen-bond acceptors (Lipinski definition) is 4. The number of anilines is 1. The normalized spacial score (nSPS) is 25.9. The molecule has 2 aromatic heterocycles. The van der Waals surface area contributed by atoms with Gasteiger partial charge < -0.3 is 15.0 Å². The van der Waals surface area contributed by atoms with Crippen molar-refractivity contribution in [3.63, 3.8) is 0 Å². The third-order valence-electron chi connectivity index (χ3n) is 7.43. The van der Waals surface area contributed by atoms with Crippen molar-refractivity contribution < 1.29 is 23.1 Å². The molecule has 11 heteroatoms. The molecule has 2 aliphatic rings. The van der Waals surface area contributed by atoms with Gasteiger partial charge in [-0.05, 0) is 55.7 Å². The molecule has 2 atom stereocenters. The van der Waals surface area contributed by atoms with Crippen molar-refractivity contribution in [2.24, 2.45) is 25.9 Å². The van der Waals surface area contributed by atoms with Crippen LogP contribution in [0, 0.1) is 17.7 Å². The third-order valence-corrected chi connectivity index (χ3v) is 7.72. The van der Waals surface area contributed by atoms with E-state index in [-0.39, 0.29) is 39.9 Å². The summed E-state index contributed by atoms with van der Waals surface area (Å²) in [7, 11) is 3.30. The van der Waals surface area contributed by atoms with Crippen LogP contribution in [0.5, 0.6) is 0 Å². The monoisotopic (exact) mass is 507 g/mol. The van der Waals surface area contributed by atoms with Crippen LogP contribution in [0.4, 0.5) is 18.9 Å². The molecule has 5 rings (SSSR count). The molecule has 3 aromatic rings. The van der Waals surface area contributed by atoms with Gasteiger partial charge >= 0.3 is 0 Å². The molecule has 0 aliphatic heterocycles. The fourth-order valence-corrected chi connectivity index (χ4v) is 6.23. The Kier molecular flexibility index (Phi) is 5.91. The predicted molar refractivity (Wildman–Crippen MR) is 123 cm³/mol. The van der Waals surface area contributed by atoms with E-state index >= 15 is 0 Å². The Labute approximate surface area is 204 Å². The number of imidazole rings is 1. The standard InChI is InChI=1S/C24H25ClF3N5O2/c1-32-11-29-19(20(32)23(34)31-15-3-4-18(26)17(25)7-15)12-5-13-8-24(35,9-14(13)6-12)21-16(22(27)28)10-30-33(21)2/h3-4,7,10-14,22,35H,5-6,8-9H2,1-2H3,(H,31,34). The molecule has 0 bridgehead atoms. The maximum absolute atomic E-state index is 13.5. The Morgan fingerprint density at radius 2 is 1.94 bits per heavy atom. The van der Waals surface area contributed by atoms with Crippen LogP contribution in [0.1, 0.15) is 65.5 Å². The molecule has 1 amide bonds. The van der Waals surface area contributed by atoms with Gasteiger partial charge in [0.25, 0.3) is 12.3 Å². The Bertz CT molecular complexity index is 1280. The summed E-state index contributed by atoms with van der Waals surface area (Å²) in [6.45, 7) is 0. The number of aromatic nitrogens is 4. The molecule has 2 heterocycles. The van der Waals surface area contributed by atoms with Gasteiger partial charge in [0.05, 0.1) is 34.5 Å². The van der Waals surface area contributed by atoms with E-state index in [1.54, 1.807) is 25.0 Å². The van der Waals surface area contributed by atoms with Crippen LogP contribution in [-0.4, -0.2) is 30.3 Å². The van der Waals surface area contributed by atoms with Crippen molar-refractivity contribution in [2.45, 2.75) is 43.6 Å². The molecule has 2 aliphatic carbocycles. The van der Waals surface area contributed by atoms with Gasteiger partial charge in [-0.1, -0.05) is 11.6 Å². The minimum absolute atomic E-state index is 0.00517. The van der Waals surface area contributed by atoms with Gasteiger partial charge in [-0.2, -0.15) is 5.10 Å². The van der Waals surface area contributed by atoms with E-state index in [0.29, 0.717) is 42.8 Å². The summed E-state index contributed by atoms with van der Waals surface area (Å²) in [5.41, 5.74) is 0.0318. The number of aryl methyl sites for hydroxylation is 2. The van der Waals surface area contributed by atoms with Crippen molar-refractivity contribution in [1.29, 1.82) is 0 Å². The Morgan fingerprint density at radius 1 is 1.26 bits per heavy atom. The highest BCUT2D eigenvalue weighted by molar-refractivity contribution is 6.31. The summed E-state index contributed by atoms with van der Waals surface area (Å²) in [5, 5.41) is 18.0. The highest BCUT2D eigenvalue weighted by Crippen LogP contribution is 2.57. The topological polar surface area (TPSA) is 85.0 Å². The van der Waals surface area contributed by atoms with Crippen molar-refractivity contribution in [3.8, 4) is 0 Å². The van der Waals surface area contributed by atoms with Crippen LogP contribution in [0.15, 0.2) is 30.7 Å². The number of carbonyl (C=O) groups is 1. The smallest absolute Gasteiger partial charge is 0.274 e. The number of rotatable bonds is 5. The Balaban J connectivity index is 1.34. The summed E-state index contributed by atoms with van der Waals surface area (Å²) in [5.74, 6) is -0.740. The van der Waals surface area contributed by atoms with Gasteiger partial charge in [0.15, 0.2) is 0 Å². The van der Waals surface area contributed by atoms with Crippen molar-refractivity contribution >= 4 is 23.2 Å². The fourth-order valence-electron chi connectivity index (χ4n) is 6.05. The van der Waals surface area contributed by atoms with Gasteiger partial charge in [0.1, 0.15) is 17.1 Å². The number of hydrogen-bond donors (Lipinski definition) is 2. The number of alkyl halides is 2. The molecular weight excluding hydrogens is 483 g/mol. The number of carbonyl (C=O) groups excluding carboxylic acids is 1. The van der Waals surface area contributed by atoms with Gasteiger partial charge in [-0.25, -0.2) is 18.2 Å². The quantitative estimate of drug-likeness (QED) is 0.513. The van der Waals surface area contributed by atoms with Crippen molar-refractivity contribution in [1.82, 2.24) is 19.3 Å². The van der Waals surface area contributed by atoms with Crippen LogP contribution in [0.3, 0.4) is 0 Å². The largest absolute Gasteiger partial charge is 0.384 e. The Hall–Kier alpha value is -2.85. The van der Waals surface area contributed by atoms with E-state index in [0.717, 1.165) is 6.20 Å². The molecule has 0 saturated heterocycles. The molecular formula is C24H25ClF3N5O2. The van der Waals surface area contributed by atoms with E-state index in [2.05, 4.69) is 15.4 Å². The van der Waals surface area contributed by atoms with Crippen LogP contribution in [0.2, 0.25) is 5.02 Å². The average Bonchev–Trinajstić information content (AvgIpc) is 3.52. The molecule has 1 aromatic carbocycles. The van der Waals surface area contributed by atoms with Gasteiger partial charge in [-0.3, -0.25) is 9.48 Å². The summed E-state index contributed by atoms with van der Waals surface area (Å²) in [6, 6.07) is 3.96. The molecule has 2 saturated carbocycles. The number of benzene rings is 1. The van der Waals surface area contributed by atoms with Crippen molar-refractivity contribution in [3.05, 3.63) is 64.2 Å². The van der Waals surface area contributed by atoms with Gasteiger partial charge in [0, 0.05) is 25.7 Å². The summed E-state index contributed by atoms with van der Waals surface area (Å²) in [6.07, 6.45) is 2.09. The van der Waals surface area contributed by atoms with Gasteiger partial charge in [-0.15, -0.1) is 0 Å². The first-order valence-electron chi connectivity index (χ1n) is 11.4. The second-order valence-corrected chi connectivity index (χ2v) is 10.1. The maximum Gasteiger partial charge on any atom is 0.274 e. The maximum atomic E-state index is 13.5. The number of halogens is 4. The van der Waals surface area contributed by atoms with E-state index in [1.165, 1.54) is 22.9 Å². The molecule has 2 fully saturated rings. The van der Waals surface area contributed by atoms with E-state index in [9.17, 15) is 23.1 Å². The van der Waals surface area contributed by atoms with Crippen LogP contribution >= 0.6 is 11.6 Å². The molecule has 0 radical (unpaired) electrons. The summed E-state index contributed by atoms with van der Waals surface area (Å²) in [4.78, 5) is 17.6. The second kappa shape index (κ2) is 8.67. The number of fused-ring (bicyclic) bond motifs is 1. The molecule has 2 N–H and O–H groups in total. The minimum atomic E-state index is -2.71. The SMILES string of the molecule is Cn1cnc(C2CC3CC(O)(c4c(C(F)F)cnn4C)CC3C2)c1C(=O)Nc1ccc(F)c(Cl)c1. The zero-order valence-corrected chi connectivity index (χ0v) is 19.9. The van der Waals surface area contributed by atoms with E-state index < -0.39 is 17.8 Å². The summed E-state index contributed by atoms with van der Waals surface area (Å²) >= 11 is 5.83. The first kappa shape index (κ1) is 23.9. The third kappa shape index (κ3) is 4.12. The number of nitrogens with zero attached hydrogens (tertiary/aromatic N) is 4. The minimum Gasteiger partial charge on any atom is -0.384 e. The second-order valence-electron chi connectivity index (χ2n) is 9.67. The zero-order valence-electron chi connectivity index (χ0n) is 19.2. The average molecular weight is 508 g/mol. The van der Waals surface area contributed by atoms with E-state index in [4.69, 9.17) is 11.6 Å². The highest BCUT2D eigenvalue weighted by Gasteiger charge is 2.52. The molecule has 35 heavy (non-hydrogen) atoms. The van der Waals surface area contributed by atoms with Gasteiger partial charge in [0.2, 0.25) is 0 Å². The Morgan fingerprint density at radius 3 is 2.57 bits per heavy atom. The lowest BCUT2D eigenvalue weighted by Crippen LogP contribution is -2.28. The van der Waals surface area contributed by atoms with E-state index in [1.807, 2.05) is 0 Å². The summed E-state index contributed by atoms with van der Waals surface area (Å²) < 4.78 is 43.5. The number of aliphatic hydroxyl groups is 1. The molecule has 0 spiro atoms. The lowest BCUT2D eigenvalue weighted by atomic mass is 9.88. The number of nitrogens with one attached hydrogen (secondary N) is 1. The zero-order chi connectivity index (χ0) is 25.1. The molecule has 7 nitrogen and oxygen atoms in total. The van der Waals surface area contributed by atoms with Crippen LogP contribution in [-0.2, 0) is 19.7 Å². The number of amides is 1. The van der Waals surface area contributed by atoms with Crippen LogP contribution in [0.25, 0.3) is 0 Å². The molecule has 186 valence electrons. The van der Waals surface area contributed by atoms with Crippen molar-refractivity contribution in [2.75, 3.05) is 5.32 Å². The lowest BCUT2D eigenvalue weighted by Gasteiger charge is -2.26. The highest BCUT2D eigenvalue weighted by atomic mass is 35.5.